The Morgan fingerprint density at radius 1 is 1.04 bits per heavy atom. The number of benzene rings is 1. The van der Waals surface area contributed by atoms with E-state index in [0.717, 1.165) is 18.3 Å². The fourth-order valence-electron chi connectivity index (χ4n) is 3.69. The second kappa shape index (κ2) is 6.77. The molecule has 1 aliphatic carbocycles. The zero-order valence-electron chi connectivity index (χ0n) is 16.2. The average molecular weight is 343 g/mol. The summed E-state index contributed by atoms with van der Waals surface area (Å²) in [5.74, 6) is 0.0669. The predicted molar refractivity (Wildman–Crippen MR) is 101 cm³/mol. The molecular formula is C20H30BNO3. The monoisotopic (exact) mass is 343 g/mol. The molecule has 0 spiro atoms. The molecule has 0 atom stereocenters. The number of rotatable bonds is 3. The first-order valence-electron chi connectivity index (χ1n) is 9.45. The van der Waals surface area contributed by atoms with Crippen LogP contribution >= 0.6 is 0 Å². The molecule has 0 unspecified atom stereocenters. The minimum Gasteiger partial charge on any atom is -0.399 e. The maximum absolute atomic E-state index is 13.2. The summed E-state index contributed by atoms with van der Waals surface area (Å²) in [6.07, 6.45) is 5.90. The van der Waals surface area contributed by atoms with Crippen LogP contribution < -0.4 is 5.46 Å². The van der Waals surface area contributed by atoms with Crippen LogP contribution in [0, 0.1) is 0 Å². The van der Waals surface area contributed by atoms with Gasteiger partial charge < -0.3 is 14.2 Å². The highest BCUT2D eigenvalue weighted by molar-refractivity contribution is 6.63. The molecule has 1 aliphatic heterocycles. The number of hydrogen-bond acceptors (Lipinski definition) is 3. The lowest BCUT2D eigenvalue weighted by molar-refractivity contribution is 0.00578. The van der Waals surface area contributed by atoms with Gasteiger partial charge in [0.05, 0.1) is 11.2 Å². The fraction of sp³-hybridized carbons (Fsp3) is 0.650. The molecule has 1 saturated carbocycles. The van der Waals surface area contributed by atoms with E-state index < -0.39 is 18.3 Å². The lowest BCUT2D eigenvalue weighted by Crippen LogP contribution is -2.44. The van der Waals surface area contributed by atoms with Crippen molar-refractivity contribution in [3.05, 3.63) is 29.8 Å². The number of carbonyl (C=O) groups is 1. The van der Waals surface area contributed by atoms with Crippen LogP contribution in [0.25, 0.3) is 0 Å². The van der Waals surface area contributed by atoms with Gasteiger partial charge in [0.25, 0.3) is 5.91 Å². The summed E-state index contributed by atoms with van der Waals surface area (Å²) in [6, 6.07) is 8.04. The zero-order chi connectivity index (χ0) is 18.2. The highest BCUT2D eigenvalue weighted by Gasteiger charge is 2.52. The molecule has 4 nitrogen and oxygen atoms in total. The molecule has 3 rings (SSSR count). The maximum Gasteiger partial charge on any atom is 0.495 e. The van der Waals surface area contributed by atoms with Crippen LogP contribution in [0.2, 0.25) is 0 Å². The number of amides is 1. The van der Waals surface area contributed by atoms with Crippen LogP contribution in [-0.4, -0.2) is 42.2 Å². The Hall–Kier alpha value is -1.33. The molecule has 1 heterocycles. The Labute approximate surface area is 152 Å². The second-order valence-corrected chi connectivity index (χ2v) is 8.38. The van der Waals surface area contributed by atoms with Crippen molar-refractivity contribution in [2.24, 2.45) is 0 Å². The third-order valence-electron chi connectivity index (χ3n) is 6.14. The Bertz CT molecular complexity index is 622. The lowest BCUT2D eigenvalue weighted by Gasteiger charge is -2.32. The van der Waals surface area contributed by atoms with Gasteiger partial charge in [-0.05, 0) is 52.1 Å². The summed E-state index contributed by atoms with van der Waals surface area (Å²) in [6.45, 7) is 8.13. The van der Waals surface area contributed by atoms with Crippen LogP contribution in [0.15, 0.2) is 24.3 Å². The van der Waals surface area contributed by atoms with E-state index in [2.05, 4.69) is 0 Å². The van der Waals surface area contributed by atoms with Crippen molar-refractivity contribution in [2.45, 2.75) is 77.0 Å². The van der Waals surface area contributed by atoms with Crippen molar-refractivity contribution < 1.29 is 14.1 Å². The molecule has 5 heteroatoms. The van der Waals surface area contributed by atoms with Gasteiger partial charge in [-0.25, -0.2) is 0 Å². The van der Waals surface area contributed by atoms with Gasteiger partial charge in [-0.15, -0.1) is 0 Å². The van der Waals surface area contributed by atoms with E-state index in [-0.39, 0.29) is 5.91 Å². The van der Waals surface area contributed by atoms with Gasteiger partial charge in [0, 0.05) is 18.7 Å². The van der Waals surface area contributed by atoms with Crippen LogP contribution in [0.5, 0.6) is 0 Å². The molecule has 2 fully saturated rings. The van der Waals surface area contributed by atoms with E-state index in [1.807, 2.05) is 63.9 Å². The largest absolute Gasteiger partial charge is 0.495 e. The van der Waals surface area contributed by atoms with Gasteiger partial charge in [0.1, 0.15) is 0 Å². The van der Waals surface area contributed by atoms with Crippen LogP contribution in [0.4, 0.5) is 0 Å². The van der Waals surface area contributed by atoms with Gasteiger partial charge >= 0.3 is 7.12 Å². The fourth-order valence-corrected chi connectivity index (χ4v) is 3.69. The SMILES string of the molecule is CN(C(=O)c1ccccc1B1OC(C)(C)C(C)(C)O1)C1CCCCC1. The number of hydrogen-bond donors (Lipinski definition) is 0. The minimum atomic E-state index is -0.509. The number of carbonyl (C=O) groups excluding carboxylic acids is 1. The Balaban J connectivity index is 1.85. The normalized spacial score (nSPS) is 22.8. The minimum absolute atomic E-state index is 0.0669. The van der Waals surface area contributed by atoms with Gasteiger partial charge in [-0.2, -0.15) is 0 Å². The summed E-state index contributed by atoms with van der Waals surface area (Å²) < 4.78 is 12.3. The molecule has 1 aromatic rings. The van der Waals surface area contributed by atoms with E-state index in [0.29, 0.717) is 11.6 Å². The molecule has 0 N–H and O–H groups in total. The number of nitrogens with zero attached hydrogens (tertiary/aromatic N) is 1. The third kappa shape index (κ3) is 3.49. The second-order valence-electron chi connectivity index (χ2n) is 8.38. The van der Waals surface area contributed by atoms with Crippen molar-refractivity contribution in [3.63, 3.8) is 0 Å². The van der Waals surface area contributed by atoms with Gasteiger partial charge in [0.15, 0.2) is 0 Å². The van der Waals surface area contributed by atoms with Crippen molar-refractivity contribution in [2.75, 3.05) is 7.05 Å². The Kier molecular flexibility index (Phi) is 5.00. The van der Waals surface area contributed by atoms with Gasteiger partial charge in [-0.1, -0.05) is 37.5 Å². The molecule has 25 heavy (non-hydrogen) atoms. The van der Waals surface area contributed by atoms with Crippen LogP contribution in [-0.2, 0) is 9.31 Å². The molecule has 0 aromatic heterocycles. The first-order valence-corrected chi connectivity index (χ1v) is 9.45. The van der Waals surface area contributed by atoms with E-state index in [9.17, 15) is 4.79 Å². The van der Waals surface area contributed by atoms with Crippen LogP contribution in [0.3, 0.4) is 0 Å². The zero-order valence-corrected chi connectivity index (χ0v) is 16.2. The first-order chi connectivity index (χ1) is 11.7. The molecule has 1 amide bonds. The standard InChI is InChI=1S/C20H30BNO3/c1-19(2)20(3,4)25-21(24-19)17-14-10-9-13-16(17)18(23)22(5)15-11-7-6-8-12-15/h9-10,13-15H,6-8,11-12H2,1-5H3. The molecular weight excluding hydrogens is 313 g/mol. The molecule has 1 aromatic carbocycles. The Morgan fingerprint density at radius 2 is 1.60 bits per heavy atom. The molecule has 136 valence electrons. The van der Waals surface area contributed by atoms with Crippen molar-refractivity contribution >= 4 is 18.5 Å². The van der Waals surface area contributed by atoms with E-state index in [1.165, 1.54) is 19.3 Å². The van der Waals surface area contributed by atoms with E-state index in [1.54, 1.807) is 0 Å². The summed E-state index contributed by atoms with van der Waals surface area (Å²) >= 11 is 0. The topological polar surface area (TPSA) is 38.8 Å². The van der Waals surface area contributed by atoms with E-state index >= 15 is 0 Å². The third-order valence-corrected chi connectivity index (χ3v) is 6.14. The quantitative estimate of drug-likeness (QED) is 0.790. The smallest absolute Gasteiger partial charge is 0.399 e. The van der Waals surface area contributed by atoms with Gasteiger partial charge in [0.2, 0.25) is 0 Å². The van der Waals surface area contributed by atoms with E-state index in [4.69, 9.17) is 9.31 Å². The Morgan fingerprint density at radius 3 is 2.20 bits per heavy atom. The highest BCUT2D eigenvalue weighted by atomic mass is 16.7. The molecule has 0 bridgehead atoms. The summed E-state index contributed by atoms with van der Waals surface area (Å²) in [5, 5.41) is 0. The summed E-state index contributed by atoms with van der Waals surface area (Å²) in [7, 11) is 1.42. The molecule has 2 aliphatic rings. The molecule has 1 saturated heterocycles. The predicted octanol–water partition coefficient (Wildman–Crippen LogP) is 3.39. The average Bonchev–Trinajstić information content (AvgIpc) is 2.82. The molecule has 0 radical (unpaired) electrons. The van der Waals surface area contributed by atoms with Crippen molar-refractivity contribution in [1.82, 2.24) is 4.90 Å². The van der Waals surface area contributed by atoms with Crippen molar-refractivity contribution in [1.29, 1.82) is 0 Å². The van der Waals surface area contributed by atoms with Gasteiger partial charge in [-0.3, -0.25) is 4.79 Å². The summed E-state index contributed by atoms with van der Waals surface area (Å²) in [4.78, 5) is 15.1. The van der Waals surface area contributed by atoms with Crippen LogP contribution in [0.1, 0.15) is 70.2 Å². The van der Waals surface area contributed by atoms with Crippen molar-refractivity contribution in [3.8, 4) is 0 Å². The maximum atomic E-state index is 13.2. The first kappa shape index (κ1) is 18.5. The summed E-state index contributed by atoms with van der Waals surface area (Å²) in [5.41, 5.74) is 0.689. The lowest BCUT2D eigenvalue weighted by atomic mass is 9.75. The highest BCUT2D eigenvalue weighted by Crippen LogP contribution is 2.36.